The Balaban J connectivity index is 1.41. The van der Waals surface area contributed by atoms with Gasteiger partial charge in [0.25, 0.3) is 10.1 Å². The molecule has 0 N–H and O–H groups in total. The lowest BCUT2D eigenvalue weighted by Crippen LogP contribution is -2.22. The van der Waals surface area contributed by atoms with Crippen molar-refractivity contribution in [1.82, 2.24) is 4.90 Å². The van der Waals surface area contributed by atoms with Gasteiger partial charge in [-0.05, 0) is 85.8 Å². The predicted molar refractivity (Wildman–Crippen MR) is 135 cm³/mol. The SMILES string of the molecule is COc1ccc2cc(C(C)CCCN(C)CCCOS(=O)(=O)c3ccccc3)ccc2c1C. The van der Waals surface area contributed by atoms with E-state index < -0.39 is 10.1 Å². The fourth-order valence-electron chi connectivity index (χ4n) is 4.12. The van der Waals surface area contributed by atoms with Crippen LogP contribution < -0.4 is 4.74 Å². The number of hydrogen-bond acceptors (Lipinski definition) is 5. The summed E-state index contributed by atoms with van der Waals surface area (Å²) in [6.07, 6.45) is 2.86. The van der Waals surface area contributed by atoms with Crippen LogP contribution in [0.25, 0.3) is 10.8 Å². The van der Waals surface area contributed by atoms with Gasteiger partial charge in [-0.1, -0.05) is 49.4 Å². The van der Waals surface area contributed by atoms with Gasteiger partial charge in [-0.15, -0.1) is 0 Å². The predicted octanol–water partition coefficient (Wildman–Crippen LogP) is 5.77. The summed E-state index contributed by atoms with van der Waals surface area (Å²) in [5.74, 6) is 1.40. The number of aryl methyl sites for hydroxylation is 1. The van der Waals surface area contributed by atoms with Gasteiger partial charge in [-0.25, -0.2) is 0 Å². The Kier molecular flexibility index (Phi) is 8.89. The lowest BCUT2D eigenvalue weighted by molar-refractivity contribution is 0.262. The van der Waals surface area contributed by atoms with E-state index in [0.717, 1.165) is 31.7 Å². The molecule has 1 unspecified atom stereocenters. The topological polar surface area (TPSA) is 55.8 Å². The summed E-state index contributed by atoms with van der Waals surface area (Å²) in [4.78, 5) is 2.44. The summed E-state index contributed by atoms with van der Waals surface area (Å²) < 4.78 is 34.9. The molecule has 1 atom stereocenters. The van der Waals surface area contributed by atoms with E-state index in [2.05, 4.69) is 50.1 Å². The highest BCUT2D eigenvalue weighted by molar-refractivity contribution is 7.86. The molecular weight excluding hydrogens is 434 g/mol. The molecule has 0 heterocycles. The molecule has 0 aliphatic heterocycles. The fourth-order valence-corrected chi connectivity index (χ4v) is 5.08. The average molecular weight is 470 g/mol. The second kappa shape index (κ2) is 11.6. The van der Waals surface area contributed by atoms with Crippen LogP contribution in [0.1, 0.15) is 43.2 Å². The quantitative estimate of drug-likeness (QED) is 0.249. The van der Waals surface area contributed by atoms with Crippen molar-refractivity contribution < 1.29 is 17.3 Å². The number of fused-ring (bicyclic) bond motifs is 1. The zero-order valence-corrected chi connectivity index (χ0v) is 20.9. The molecule has 3 rings (SSSR count). The summed E-state index contributed by atoms with van der Waals surface area (Å²) in [6.45, 7) is 6.34. The largest absolute Gasteiger partial charge is 0.496 e. The monoisotopic (exact) mass is 469 g/mol. The van der Waals surface area contributed by atoms with Crippen molar-refractivity contribution in [2.75, 3.05) is 33.9 Å². The summed E-state index contributed by atoms with van der Waals surface area (Å²) in [5, 5.41) is 2.49. The van der Waals surface area contributed by atoms with Gasteiger partial charge < -0.3 is 9.64 Å². The normalized spacial score (nSPS) is 12.9. The first-order valence-corrected chi connectivity index (χ1v) is 12.9. The van der Waals surface area contributed by atoms with Crippen molar-refractivity contribution in [3.8, 4) is 5.75 Å². The molecule has 6 heteroatoms. The lowest BCUT2D eigenvalue weighted by Gasteiger charge is -2.19. The molecule has 178 valence electrons. The van der Waals surface area contributed by atoms with Crippen LogP contribution in [0, 0.1) is 6.92 Å². The molecule has 0 bridgehead atoms. The van der Waals surface area contributed by atoms with Crippen LogP contribution in [0.2, 0.25) is 0 Å². The first-order chi connectivity index (χ1) is 15.8. The number of hydrogen-bond donors (Lipinski definition) is 0. The molecule has 0 amide bonds. The van der Waals surface area contributed by atoms with Gasteiger partial charge in [0.1, 0.15) is 5.75 Å². The maximum atomic E-state index is 12.1. The molecule has 0 aliphatic carbocycles. The van der Waals surface area contributed by atoms with Crippen molar-refractivity contribution in [2.45, 2.75) is 43.9 Å². The summed E-state index contributed by atoms with van der Waals surface area (Å²) in [7, 11) is 0.117. The van der Waals surface area contributed by atoms with Crippen LogP contribution in [-0.4, -0.2) is 47.2 Å². The molecule has 0 radical (unpaired) electrons. The van der Waals surface area contributed by atoms with Gasteiger partial charge in [-0.3, -0.25) is 4.18 Å². The highest BCUT2D eigenvalue weighted by atomic mass is 32.2. The highest BCUT2D eigenvalue weighted by Crippen LogP contribution is 2.30. The number of rotatable bonds is 12. The van der Waals surface area contributed by atoms with E-state index in [0.29, 0.717) is 12.3 Å². The Morgan fingerprint density at radius 3 is 2.42 bits per heavy atom. The molecule has 0 aromatic heterocycles. The molecule has 3 aromatic carbocycles. The second-order valence-corrected chi connectivity index (χ2v) is 10.3. The van der Waals surface area contributed by atoms with Crippen molar-refractivity contribution >= 4 is 20.9 Å². The molecule has 0 aliphatic rings. The molecular formula is C27H35NO4S. The number of ether oxygens (including phenoxy) is 1. The standard InChI is InChI=1S/C27H35NO4S/c1-21(23-13-15-26-22(2)27(31-4)16-14-24(26)20-23)10-8-17-28(3)18-9-19-32-33(29,30)25-11-6-5-7-12-25/h5-7,11-16,20-21H,8-10,17-19H2,1-4H3. The fraction of sp³-hybridized carbons (Fsp3) is 0.407. The van der Waals surface area contributed by atoms with E-state index in [1.165, 1.54) is 21.9 Å². The Labute approximate surface area is 198 Å². The van der Waals surface area contributed by atoms with Crippen molar-refractivity contribution in [3.05, 3.63) is 71.8 Å². The van der Waals surface area contributed by atoms with Gasteiger partial charge >= 0.3 is 0 Å². The first kappa shape index (κ1) is 25.2. The van der Waals surface area contributed by atoms with Crippen molar-refractivity contribution in [3.63, 3.8) is 0 Å². The van der Waals surface area contributed by atoms with Gasteiger partial charge in [0, 0.05) is 6.54 Å². The molecule has 33 heavy (non-hydrogen) atoms. The van der Waals surface area contributed by atoms with Crippen LogP contribution in [0.3, 0.4) is 0 Å². The summed E-state index contributed by atoms with van der Waals surface area (Å²) in [6, 6.07) is 19.2. The van der Waals surface area contributed by atoms with E-state index in [4.69, 9.17) is 8.92 Å². The average Bonchev–Trinajstić information content (AvgIpc) is 2.82. The number of methoxy groups -OCH3 is 1. The molecule has 0 spiro atoms. The third-order valence-electron chi connectivity index (χ3n) is 6.18. The van der Waals surface area contributed by atoms with Gasteiger partial charge in [0.2, 0.25) is 0 Å². The van der Waals surface area contributed by atoms with E-state index in [-0.39, 0.29) is 11.5 Å². The van der Waals surface area contributed by atoms with Crippen LogP contribution in [-0.2, 0) is 14.3 Å². The number of nitrogens with zero attached hydrogens (tertiary/aromatic N) is 1. The van der Waals surface area contributed by atoms with E-state index in [9.17, 15) is 8.42 Å². The third-order valence-corrected chi connectivity index (χ3v) is 7.51. The smallest absolute Gasteiger partial charge is 0.296 e. The Morgan fingerprint density at radius 2 is 1.70 bits per heavy atom. The van der Waals surface area contributed by atoms with Crippen LogP contribution in [0.5, 0.6) is 5.75 Å². The minimum Gasteiger partial charge on any atom is -0.496 e. The van der Waals surface area contributed by atoms with E-state index >= 15 is 0 Å². The van der Waals surface area contributed by atoms with E-state index in [1.807, 2.05) is 6.07 Å². The molecule has 5 nitrogen and oxygen atoms in total. The Hall–Kier alpha value is -2.41. The minimum atomic E-state index is -3.67. The molecule has 0 fully saturated rings. The molecule has 0 saturated carbocycles. The zero-order valence-electron chi connectivity index (χ0n) is 20.1. The second-order valence-electron chi connectivity index (χ2n) is 8.66. The van der Waals surface area contributed by atoms with Gasteiger partial charge in [-0.2, -0.15) is 8.42 Å². The Bertz CT molecular complexity index is 1150. The van der Waals surface area contributed by atoms with Crippen molar-refractivity contribution in [1.29, 1.82) is 0 Å². The maximum absolute atomic E-state index is 12.1. The summed E-state index contributed by atoms with van der Waals surface area (Å²) in [5.41, 5.74) is 2.53. The van der Waals surface area contributed by atoms with Gasteiger partial charge in [0.05, 0.1) is 18.6 Å². The maximum Gasteiger partial charge on any atom is 0.296 e. The third kappa shape index (κ3) is 6.79. The van der Waals surface area contributed by atoms with Crippen LogP contribution >= 0.6 is 0 Å². The van der Waals surface area contributed by atoms with Gasteiger partial charge in [0.15, 0.2) is 0 Å². The lowest BCUT2D eigenvalue weighted by atomic mass is 9.93. The highest BCUT2D eigenvalue weighted by Gasteiger charge is 2.14. The molecule has 3 aromatic rings. The first-order valence-electron chi connectivity index (χ1n) is 11.5. The zero-order chi connectivity index (χ0) is 23.8. The van der Waals surface area contributed by atoms with Crippen molar-refractivity contribution in [2.24, 2.45) is 0 Å². The van der Waals surface area contributed by atoms with Crippen LogP contribution in [0.15, 0.2) is 65.6 Å². The molecule has 0 saturated heterocycles. The number of benzene rings is 3. The Morgan fingerprint density at radius 1 is 0.970 bits per heavy atom. The minimum absolute atomic E-state index is 0.194. The summed E-state index contributed by atoms with van der Waals surface area (Å²) >= 11 is 0. The van der Waals surface area contributed by atoms with E-state index in [1.54, 1.807) is 37.4 Å². The van der Waals surface area contributed by atoms with Crippen LogP contribution in [0.4, 0.5) is 0 Å².